The third-order valence-corrected chi connectivity index (χ3v) is 6.07. The molecule has 7 heteroatoms. The van der Waals surface area contributed by atoms with E-state index in [-0.39, 0.29) is 18.3 Å². The van der Waals surface area contributed by atoms with E-state index < -0.39 is 5.97 Å². The van der Waals surface area contributed by atoms with Crippen LogP contribution in [-0.2, 0) is 16.1 Å². The van der Waals surface area contributed by atoms with Crippen LogP contribution in [0.15, 0.2) is 24.3 Å². The molecule has 144 valence electrons. The Kier molecular flexibility index (Phi) is 5.92. The van der Waals surface area contributed by atoms with Gasteiger partial charge in [0.25, 0.3) is 5.91 Å². The van der Waals surface area contributed by atoms with Gasteiger partial charge < -0.3 is 15.0 Å². The molecule has 27 heavy (non-hydrogen) atoms. The summed E-state index contributed by atoms with van der Waals surface area (Å²) in [6.45, 7) is 4.45. The molecular formula is C20H24FN2O3S+. The number of esters is 1. The van der Waals surface area contributed by atoms with Crippen molar-refractivity contribution in [1.29, 1.82) is 0 Å². The third kappa shape index (κ3) is 4.54. The minimum atomic E-state index is -0.454. The molecule has 3 rings (SSSR count). The number of anilines is 1. The summed E-state index contributed by atoms with van der Waals surface area (Å²) >= 11 is 1.37. The first-order valence-electron chi connectivity index (χ1n) is 8.96. The van der Waals surface area contributed by atoms with Crippen LogP contribution in [0.4, 0.5) is 9.39 Å². The molecule has 2 N–H and O–H groups in total. The van der Waals surface area contributed by atoms with Gasteiger partial charge in [-0.05, 0) is 25.5 Å². The summed E-state index contributed by atoms with van der Waals surface area (Å²) in [7, 11) is 1.33. The molecule has 0 radical (unpaired) electrons. The molecule has 5 nitrogen and oxygen atoms in total. The first-order valence-corrected chi connectivity index (χ1v) is 9.78. The van der Waals surface area contributed by atoms with Crippen molar-refractivity contribution in [2.24, 2.45) is 0 Å². The second-order valence-corrected chi connectivity index (χ2v) is 8.13. The van der Waals surface area contributed by atoms with Crippen molar-refractivity contribution in [3.8, 4) is 0 Å². The van der Waals surface area contributed by atoms with E-state index >= 15 is 0 Å². The van der Waals surface area contributed by atoms with Crippen LogP contribution in [0.5, 0.6) is 0 Å². The van der Waals surface area contributed by atoms with Crippen LogP contribution >= 0.6 is 11.3 Å². The molecule has 0 saturated heterocycles. The molecule has 1 unspecified atom stereocenters. The SMILES string of the molecule is COC(=O)c1c(NC(=O)C[NH+](Cc2ccccc2F)C2CC2)sc(C)c1C. The number of halogens is 1. The van der Waals surface area contributed by atoms with Gasteiger partial charge in [0, 0.05) is 23.3 Å². The average Bonchev–Trinajstić information content (AvgIpc) is 3.43. The van der Waals surface area contributed by atoms with E-state index in [2.05, 4.69) is 5.32 Å². The van der Waals surface area contributed by atoms with Gasteiger partial charge in [0.1, 0.15) is 17.4 Å². The van der Waals surface area contributed by atoms with E-state index in [1.807, 2.05) is 19.9 Å². The van der Waals surface area contributed by atoms with E-state index in [9.17, 15) is 14.0 Å². The normalized spacial score (nSPS) is 14.7. The first kappa shape index (κ1) is 19.5. The fourth-order valence-electron chi connectivity index (χ4n) is 3.17. The average molecular weight is 391 g/mol. The lowest BCUT2D eigenvalue weighted by molar-refractivity contribution is -0.917. The highest BCUT2D eigenvalue weighted by molar-refractivity contribution is 7.16. The number of methoxy groups -OCH3 is 1. The number of hydrogen-bond acceptors (Lipinski definition) is 4. The highest BCUT2D eigenvalue weighted by Gasteiger charge is 2.35. The maximum Gasteiger partial charge on any atom is 0.341 e. The lowest BCUT2D eigenvalue weighted by atomic mass is 10.1. The molecule has 1 fully saturated rings. The van der Waals surface area contributed by atoms with E-state index in [1.165, 1.54) is 24.5 Å². The molecule has 1 aliphatic carbocycles. The van der Waals surface area contributed by atoms with Gasteiger partial charge in [-0.15, -0.1) is 11.3 Å². The molecule has 0 aliphatic heterocycles. The summed E-state index contributed by atoms with van der Waals surface area (Å²) < 4.78 is 18.8. The zero-order chi connectivity index (χ0) is 19.6. The highest BCUT2D eigenvalue weighted by atomic mass is 32.1. The number of nitrogens with one attached hydrogen (secondary N) is 2. The van der Waals surface area contributed by atoms with Crippen LogP contribution < -0.4 is 10.2 Å². The van der Waals surface area contributed by atoms with Crippen molar-refractivity contribution in [2.45, 2.75) is 39.3 Å². The van der Waals surface area contributed by atoms with Crippen LogP contribution in [0.1, 0.15) is 39.2 Å². The van der Waals surface area contributed by atoms with E-state index in [0.29, 0.717) is 28.7 Å². The molecule has 1 aromatic heterocycles. The number of thiophene rings is 1. The van der Waals surface area contributed by atoms with Crippen LogP contribution in [0.3, 0.4) is 0 Å². The third-order valence-electron chi connectivity index (χ3n) is 4.95. The van der Waals surface area contributed by atoms with Crippen molar-refractivity contribution in [3.63, 3.8) is 0 Å². The van der Waals surface area contributed by atoms with E-state index in [4.69, 9.17) is 4.74 Å². The quantitative estimate of drug-likeness (QED) is 0.713. The van der Waals surface area contributed by atoms with Crippen molar-refractivity contribution in [2.75, 3.05) is 19.0 Å². The lowest BCUT2D eigenvalue weighted by Crippen LogP contribution is -3.13. The van der Waals surface area contributed by atoms with Gasteiger partial charge >= 0.3 is 5.97 Å². The van der Waals surface area contributed by atoms with Crippen molar-refractivity contribution < 1.29 is 23.6 Å². The molecule has 2 aromatic rings. The maximum absolute atomic E-state index is 14.0. The summed E-state index contributed by atoms with van der Waals surface area (Å²) in [5.41, 5.74) is 1.85. The Morgan fingerprint density at radius 2 is 2.00 bits per heavy atom. The number of aryl methyl sites for hydroxylation is 1. The molecule has 1 saturated carbocycles. The van der Waals surface area contributed by atoms with Crippen molar-refractivity contribution in [3.05, 3.63) is 51.7 Å². The minimum Gasteiger partial charge on any atom is -0.465 e. The number of rotatable bonds is 7. The maximum atomic E-state index is 14.0. The molecule has 1 heterocycles. The zero-order valence-electron chi connectivity index (χ0n) is 15.7. The number of ether oxygens (including phenoxy) is 1. The van der Waals surface area contributed by atoms with Gasteiger partial charge in [0.05, 0.1) is 18.7 Å². The van der Waals surface area contributed by atoms with Gasteiger partial charge in [0.2, 0.25) is 0 Å². The van der Waals surface area contributed by atoms with Gasteiger partial charge in [-0.1, -0.05) is 18.2 Å². The predicted octanol–water partition coefficient (Wildman–Crippen LogP) is 2.48. The second-order valence-electron chi connectivity index (χ2n) is 6.90. The molecule has 1 amide bonds. The van der Waals surface area contributed by atoms with Crippen LogP contribution in [0, 0.1) is 19.7 Å². The number of carbonyl (C=O) groups is 2. The Hall–Kier alpha value is -2.25. The van der Waals surface area contributed by atoms with Gasteiger partial charge in [-0.2, -0.15) is 0 Å². The summed E-state index contributed by atoms with van der Waals surface area (Å²) in [4.78, 5) is 26.7. The summed E-state index contributed by atoms with van der Waals surface area (Å²) in [5, 5.41) is 3.38. The van der Waals surface area contributed by atoms with Gasteiger partial charge in [0.15, 0.2) is 6.54 Å². The monoisotopic (exact) mass is 391 g/mol. The molecule has 1 aliphatic rings. The Morgan fingerprint density at radius 1 is 1.30 bits per heavy atom. The smallest absolute Gasteiger partial charge is 0.341 e. The standard InChI is InChI=1S/C20H23FN2O3S/c1-12-13(2)27-19(18(12)20(25)26-3)22-17(24)11-23(15-8-9-15)10-14-6-4-5-7-16(14)21/h4-7,15H,8-11H2,1-3H3,(H,22,24)/p+1. The second kappa shape index (κ2) is 8.19. The molecule has 0 bridgehead atoms. The summed E-state index contributed by atoms with van der Waals surface area (Å²) in [5.74, 6) is -0.877. The number of carbonyl (C=O) groups excluding carboxylic acids is 2. The fraction of sp³-hybridized carbons (Fsp3) is 0.400. The Morgan fingerprint density at radius 3 is 2.63 bits per heavy atom. The number of amides is 1. The number of hydrogen-bond donors (Lipinski definition) is 2. The van der Waals surface area contributed by atoms with Gasteiger partial charge in [-0.25, -0.2) is 9.18 Å². The molecule has 1 atom stereocenters. The Balaban J connectivity index is 1.72. The van der Waals surface area contributed by atoms with Crippen LogP contribution in [0.2, 0.25) is 0 Å². The van der Waals surface area contributed by atoms with Crippen molar-refractivity contribution in [1.82, 2.24) is 0 Å². The predicted molar refractivity (Wildman–Crippen MR) is 103 cm³/mol. The topological polar surface area (TPSA) is 59.8 Å². The summed E-state index contributed by atoms with van der Waals surface area (Å²) in [6, 6.07) is 7.06. The largest absolute Gasteiger partial charge is 0.465 e. The Bertz CT molecular complexity index is 861. The van der Waals surface area contributed by atoms with Crippen LogP contribution in [-0.4, -0.2) is 31.6 Å². The minimum absolute atomic E-state index is 0.181. The van der Waals surface area contributed by atoms with E-state index in [0.717, 1.165) is 28.2 Å². The zero-order valence-corrected chi connectivity index (χ0v) is 16.5. The van der Waals surface area contributed by atoms with Crippen molar-refractivity contribution >= 4 is 28.2 Å². The first-order chi connectivity index (χ1) is 12.9. The fourth-order valence-corrected chi connectivity index (χ4v) is 4.23. The molecule has 0 spiro atoms. The number of quaternary nitrogens is 1. The lowest BCUT2D eigenvalue weighted by Gasteiger charge is -2.19. The molecular weight excluding hydrogens is 367 g/mol. The Labute approximate surface area is 162 Å². The highest BCUT2D eigenvalue weighted by Crippen LogP contribution is 2.32. The van der Waals surface area contributed by atoms with Gasteiger partial charge in [-0.3, -0.25) is 4.79 Å². The number of benzene rings is 1. The van der Waals surface area contributed by atoms with E-state index in [1.54, 1.807) is 12.1 Å². The molecule has 1 aromatic carbocycles. The summed E-state index contributed by atoms with van der Waals surface area (Å²) in [6.07, 6.45) is 2.09. The van der Waals surface area contributed by atoms with Crippen LogP contribution in [0.25, 0.3) is 0 Å².